The number of hydrogen-bond acceptors (Lipinski definition) is 6. The first-order valence-corrected chi connectivity index (χ1v) is 10.8. The first kappa shape index (κ1) is 22.6. The van der Waals surface area contributed by atoms with Crippen molar-refractivity contribution in [2.45, 2.75) is 14.4 Å². The van der Waals surface area contributed by atoms with Crippen LogP contribution < -0.4 is 10.5 Å². The van der Waals surface area contributed by atoms with Crippen LogP contribution in [-0.2, 0) is 11.8 Å². The Bertz CT molecular complexity index is 1150. The molecule has 1 saturated heterocycles. The Labute approximate surface area is 185 Å². The molecule has 8 heteroatoms. The van der Waals surface area contributed by atoms with Gasteiger partial charge in [-0.2, -0.15) is 11.3 Å². The molecule has 3 aromatic rings. The third-order valence-corrected chi connectivity index (χ3v) is 6.09. The summed E-state index contributed by atoms with van der Waals surface area (Å²) in [4.78, 5) is 42.3. The standard InChI is InChI=1S/C22H23N3O4S.CH4/c1-3-29-22(28)18-19(16-6-4-5-7-17(16)23(2)21(18)27)24-9-11-25(12-10-24)20(26)15-8-13-30-14-15;/h4-8,13-14H,3,9-12H2,1-2H3;1H4. The van der Waals surface area contributed by atoms with Crippen LogP contribution in [-0.4, -0.2) is 54.1 Å². The molecule has 0 unspecified atom stereocenters. The van der Waals surface area contributed by atoms with Crippen LogP contribution in [0, 0.1) is 0 Å². The molecule has 1 amide bonds. The number of ether oxygens (including phenoxy) is 1. The highest BCUT2D eigenvalue weighted by Crippen LogP contribution is 2.30. The predicted molar refractivity (Wildman–Crippen MR) is 124 cm³/mol. The fourth-order valence-electron chi connectivity index (χ4n) is 3.90. The molecule has 0 N–H and O–H groups in total. The summed E-state index contributed by atoms with van der Waals surface area (Å²) in [6.45, 7) is 3.99. The molecular weight excluding hydrogens is 414 g/mol. The van der Waals surface area contributed by atoms with Crippen LogP contribution in [0.5, 0.6) is 0 Å². The number of para-hydroxylation sites is 1. The molecule has 1 aliphatic heterocycles. The van der Waals surface area contributed by atoms with Crippen molar-refractivity contribution in [2.75, 3.05) is 37.7 Å². The Morgan fingerprint density at radius 1 is 1.10 bits per heavy atom. The number of pyridine rings is 1. The van der Waals surface area contributed by atoms with Gasteiger partial charge in [-0.1, -0.05) is 25.6 Å². The first-order valence-electron chi connectivity index (χ1n) is 9.88. The molecule has 0 aliphatic carbocycles. The molecule has 7 nitrogen and oxygen atoms in total. The van der Waals surface area contributed by atoms with E-state index in [9.17, 15) is 14.4 Å². The SMILES string of the molecule is C.CCOC(=O)c1c(N2CCN(C(=O)c3ccsc3)CC2)c2ccccc2n(C)c1=O. The molecule has 1 aromatic carbocycles. The number of aromatic nitrogens is 1. The number of amides is 1. The molecule has 0 atom stereocenters. The zero-order chi connectivity index (χ0) is 21.3. The number of anilines is 1. The average molecular weight is 442 g/mol. The number of thiophene rings is 1. The van der Waals surface area contributed by atoms with Crippen molar-refractivity contribution in [1.82, 2.24) is 9.47 Å². The average Bonchev–Trinajstić information content (AvgIpc) is 3.31. The van der Waals surface area contributed by atoms with Gasteiger partial charge in [0.1, 0.15) is 5.56 Å². The van der Waals surface area contributed by atoms with Crippen molar-refractivity contribution in [3.8, 4) is 0 Å². The van der Waals surface area contributed by atoms with E-state index in [-0.39, 0.29) is 31.1 Å². The van der Waals surface area contributed by atoms with E-state index in [0.29, 0.717) is 37.4 Å². The van der Waals surface area contributed by atoms with Crippen molar-refractivity contribution < 1.29 is 14.3 Å². The van der Waals surface area contributed by atoms with Crippen molar-refractivity contribution in [3.63, 3.8) is 0 Å². The minimum absolute atomic E-state index is 0. The second-order valence-corrected chi connectivity index (χ2v) is 7.90. The molecule has 2 aromatic heterocycles. The quantitative estimate of drug-likeness (QED) is 0.581. The Morgan fingerprint density at radius 2 is 1.81 bits per heavy atom. The highest BCUT2D eigenvalue weighted by atomic mass is 32.1. The van der Waals surface area contributed by atoms with Gasteiger partial charge in [-0.05, 0) is 24.4 Å². The summed E-state index contributed by atoms with van der Waals surface area (Å²) in [6.07, 6.45) is 0. The van der Waals surface area contributed by atoms with Crippen LogP contribution >= 0.6 is 11.3 Å². The van der Waals surface area contributed by atoms with Gasteiger partial charge in [0.25, 0.3) is 11.5 Å². The van der Waals surface area contributed by atoms with E-state index in [0.717, 1.165) is 10.9 Å². The summed E-state index contributed by atoms with van der Waals surface area (Å²) in [7, 11) is 1.66. The van der Waals surface area contributed by atoms with E-state index in [1.54, 1.807) is 14.0 Å². The van der Waals surface area contributed by atoms with E-state index in [4.69, 9.17) is 4.74 Å². The number of nitrogens with zero attached hydrogens (tertiary/aromatic N) is 3. The van der Waals surface area contributed by atoms with E-state index in [1.807, 2.05) is 50.9 Å². The van der Waals surface area contributed by atoms with Gasteiger partial charge >= 0.3 is 5.97 Å². The zero-order valence-electron chi connectivity index (χ0n) is 17.0. The van der Waals surface area contributed by atoms with Crippen molar-refractivity contribution in [2.24, 2.45) is 7.05 Å². The van der Waals surface area contributed by atoms with Gasteiger partial charge in [-0.15, -0.1) is 0 Å². The first-order chi connectivity index (χ1) is 14.5. The summed E-state index contributed by atoms with van der Waals surface area (Å²) < 4.78 is 6.70. The van der Waals surface area contributed by atoms with Crippen LogP contribution in [0.2, 0.25) is 0 Å². The highest BCUT2D eigenvalue weighted by molar-refractivity contribution is 7.08. The number of aryl methyl sites for hydroxylation is 1. The number of esters is 1. The number of piperazine rings is 1. The molecular formula is C23H27N3O4S. The molecule has 0 saturated carbocycles. The lowest BCUT2D eigenvalue weighted by Gasteiger charge is -2.37. The third-order valence-electron chi connectivity index (χ3n) is 5.41. The Hall–Kier alpha value is -3.13. The molecule has 0 spiro atoms. The second kappa shape index (κ2) is 9.34. The maximum absolute atomic E-state index is 13.1. The monoisotopic (exact) mass is 441 g/mol. The van der Waals surface area contributed by atoms with Crippen LogP contribution in [0.15, 0.2) is 45.9 Å². The minimum Gasteiger partial charge on any atom is -0.462 e. The van der Waals surface area contributed by atoms with E-state index >= 15 is 0 Å². The summed E-state index contributed by atoms with van der Waals surface area (Å²) in [6, 6.07) is 9.36. The Morgan fingerprint density at radius 3 is 2.45 bits per heavy atom. The Balaban J connectivity index is 0.00000272. The normalized spacial score (nSPS) is 13.7. The van der Waals surface area contributed by atoms with Crippen LogP contribution in [0.25, 0.3) is 10.9 Å². The molecule has 4 rings (SSSR count). The van der Waals surface area contributed by atoms with Gasteiger partial charge in [0, 0.05) is 44.0 Å². The molecule has 1 fully saturated rings. The predicted octanol–water partition coefficient (Wildman–Crippen LogP) is 3.38. The van der Waals surface area contributed by atoms with Gasteiger partial charge < -0.3 is 19.1 Å². The maximum atomic E-state index is 13.1. The lowest BCUT2D eigenvalue weighted by atomic mass is 10.1. The van der Waals surface area contributed by atoms with Gasteiger partial charge in [0.15, 0.2) is 0 Å². The van der Waals surface area contributed by atoms with E-state index < -0.39 is 5.97 Å². The highest BCUT2D eigenvalue weighted by Gasteiger charge is 2.29. The number of carbonyl (C=O) groups excluding carboxylic acids is 2. The zero-order valence-corrected chi connectivity index (χ0v) is 17.8. The van der Waals surface area contributed by atoms with E-state index in [1.165, 1.54) is 15.9 Å². The molecule has 0 bridgehead atoms. The number of fused-ring (bicyclic) bond motifs is 1. The summed E-state index contributed by atoms with van der Waals surface area (Å²) >= 11 is 1.50. The van der Waals surface area contributed by atoms with Gasteiger partial charge in [0.2, 0.25) is 0 Å². The summed E-state index contributed by atoms with van der Waals surface area (Å²) in [5.74, 6) is -0.606. The maximum Gasteiger partial charge on any atom is 0.345 e. The molecule has 164 valence electrons. The van der Waals surface area contributed by atoms with E-state index in [2.05, 4.69) is 0 Å². The molecule has 31 heavy (non-hydrogen) atoms. The smallest absolute Gasteiger partial charge is 0.345 e. The minimum atomic E-state index is -0.615. The number of benzene rings is 1. The number of rotatable bonds is 4. The topological polar surface area (TPSA) is 71.8 Å². The Kier molecular flexibility index (Phi) is 6.80. The van der Waals surface area contributed by atoms with Crippen molar-refractivity contribution in [1.29, 1.82) is 0 Å². The van der Waals surface area contributed by atoms with Crippen molar-refractivity contribution >= 4 is 39.8 Å². The van der Waals surface area contributed by atoms with Gasteiger partial charge in [-0.3, -0.25) is 9.59 Å². The van der Waals surface area contributed by atoms with Gasteiger partial charge in [0.05, 0.1) is 23.4 Å². The molecule has 3 heterocycles. The fourth-order valence-corrected chi connectivity index (χ4v) is 4.53. The number of hydrogen-bond donors (Lipinski definition) is 0. The lowest BCUT2D eigenvalue weighted by Crippen LogP contribution is -2.49. The number of carbonyl (C=O) groups is 2. The van der Waals surface area contributed by atoms with Crippen LogP contribution in [0.1, 0.15) is 35.1 Å². The van der Waals surface area contributed by atoms with Crippen LogP contribution in [0.3, 0.4) is 0 Å². The van der Waals surface area contributed by atoms with Gasteiger partial charge in [-0.25, -0.2) is 4.79 Å². The summed E-state index contributed by atoms with van der Waals surface area (Å²) in [5, 5.41) is 4.56. The second-order valence-electron chi connectivity index (χ2n) is 7.12. The molecule has 0 radical (unpaired) electrons. The third kappa shape index (κ3) is 4.07. The largest absolute Gasteiger partial charge is 0.462 e. The van der Waals surface area contributed by atoms with Crippen molar-refractivity contribution in [3.05, 3.63) is 62.6 Å². The van der Waals surface area contributed by atoms with Crippen LogP contribution in [0.4, 0.5) is 5.69 Å². The lowest BCUT2D eigenvalue weighted by molar-refractivity contribution is 0.0523. The molecule has 1 aliphatic rings. The fraction of sp³-hybridized carbons (Fsp3) is 0.348. The summed E-state index contributed by atoms with van der Waals surface area (Å²) in [5.41, 5.74) is 1.71.